The highest BCUT2D eigenvalue weighted by Gasteiger charge is 2.18. The second-order valence-corrected chi connectivity index (χ2v) is 3.32. The van der Waals surface area contributed by atoms with Crippen LogP contribution < -0.4 is 5.32 Å². The molecule has 4 heteroatoms. The lowest BCUT2D eigenvalue weighted by atomic mass is 9.99. The zero-order chi connectivity index (χ0) is 8.39. The molecule has 0 aliphatic carbocycles. The molecule has 0 saturated carbocycles. The summed E-state index contributed by atoms with van der Waals surface area (Å²) in [5.74, 6) is 2.40. The number of nitrogens with one attached hydrogen (secondary N) is 2. The monoisotopic (exact) mass is 166 g/mol. The first-order valence-electron chi connectivity index (χ1n) is 4.46. The van der Waals surface area contributed by atoms with E-state index in [0.29, 0.717) is 5.92 Å². The molecule has 1 aliphatic heterocycles. The van der Waals surface area contributed by atoms with E-state index in [4.69, 9.17) is 0 Å². The Morgan fingerprint density at radius 3 is 3.00 bits per heavy atom. The molecular formula is C8H14N4. The average molecular weight is 166 g/mol. The Kier molecular flexibility index (Phi) is 2.08. The molecule has 0 bridgehead atoms. The number of hydrogen-bond acceptors (Lipinski definition) is 3. The Bertz CT molecular complexity index is 249. The minimum absolute atomic E-state index is 0.517. The highest BCUT2D eigenvalue weighted by molar-refractivity contribution is 4.98. The summed E-state index contributed by atoms with van der Waals surface area (Å²) in [7, 11) is 0. The average Bonchev–Trinajstić information content (AvgIpc) is 2.54. The van der Waals surface area contributed by atoms with Crippen LogP contribution in [0, 0.1) is 6.92 Å². The van der Waals surface area contributed by atoms with Gasteiger partial charge in [-0.05, 0) is 26.3 Å². The Morgan fingerprint density at radius 1 is 1.50 bits per heavy atom. The normalized spacial score (nSPS) is 24.2. The van der Waals surface area contributed by atoms with Crippen LogP contribution in [0.5, 0.6) is 0 Å². The summed E-state index contributed by atoms with van der Waals surface area (Å²) in [5, 5.41) is 10.4. The number of hydrogen-bond donors (Lipinski definition) is 2. The van der Waals surface area contributed by atoms with Crippen LogP contribution in [0.3, 0.4) is 0 Å². The first-order chi connectivity index (χ1) is 5.86. The largest absolute Gasteiger partial charge is 0.316 e. The molecule has 0 amide bonds. The molecule has 2 heterocycles. The van der Waals surface area contributed by atoms with Gasteiger partial charge >= 0.3 is 0 Å². The highest BCUT2D eigenvalue weighted by atomic mass is 15.2. The van der Waals surface area contributed by atoms with Crippen molar-refractivity contribution in [2.24, 2.45) is 0 Å². The maximum Gasteiger partial charge on any atom is 0.155 e. The molecule has 2 N–H and O–H groups in total. The second kappa shape index (κ2) is 3.23. The first kappa shape index (κ1) is 7.73. The molecule has 0 radical (unpaired) electrons. The van der Waals surface area contributed by atoms with Crippen LogP contribution in [0.4, 0.5) is 0 Å². The number of aromatic amines is 1. The second-order valence-electron chi connectivity index (χ2n) is 3.32. The van der Waals surface area contributed by atoms with Crippen molar-refractivity contribution in [1.82, 2.24) is 20.5 Å². The third-order valence-electron chi connectivity index (χ3n) is 2.28. The number of aryl methyl sites for hydroxylation is 1. The van der Waals surface area contributed by atoms with Crippen LogP contribution in [-0.2, 0) is 0 Å². The maximum absolute atomic E-state index is 4.33. The molecule has 0 aromatic carbocycles. The summed E-state index contributed by atoms with van der Waals surface area (Å²) in [4.78, 5) is 4.33. The van der Waals surface area contributed by atoms with E-state index in [9.17, 15) is 0 Å². The van der Waals surface area contributed by atoms with Gasteiger partial charge in [-0.15, -0.1) is 0 Å². The fourth-order valence-corrected chi connectivity index (χ4v) is 1.61. The molecule has 0 spiro atoms. The quantitative estimate of drug-likeness (QED) is 0.641. The molecule has 1 aliphatic rings. The first-order valence-corrected chi connectivity index (χ1v) is 4.46. The molecule has 1 atom stereocenters. The smallest absolute Gasteiger partial charge is 0.155 e. The van der Waals surface area contributed by atoms with E-state index < -0.39 is 0 Å². The fraction of sp³-hybridized carbons (Fsp3) is 0.750. The van der Waals surface area contributed by atoms with Gasteiger partial charge < -0.3 is 5.32 Å². The maximum atomic E-state index is 4.33. The molecule has 1 fully saturated rings. The Labute approximate surface area is 71.8 Å². The topological polar surface area (TPSA) is 53.6 Å². The minimum atomic E-state index is 0.517. The van der Waals surface area contributed by atoms with Crippen molar-refractivity contribution in [1.29, 1.82) is 0 Å². The predicted molar refractivity (Wildman–Crippen MR) is 46.0 cm³/mol. The zero-order valence-corrected chi connectivity index (χ0v) is 7.30. The molecule has 12 heavy (non-hydrogen) atoms. The zero-order valence-electron chi connectivity index (χ0n) is 7.30. The lowest BCUT2D eigenvalue weighted by Gasteiger charge is -2.19. The third-order valence-corrected chi connectivity index (χ3v) is 2.28. The lowest BCUT2D eigenvalue weighted by Crippen LogP contribution is -2.28. The van der Waals surface area contributed by atoms with Gasteiger partial charge in [-0.3, -0.25) is 5.10 Å². The number of aromatic nitrogens is 3. The summed E-state index contributed by atoms with van der Waals surface area (Å²) in [5.41, 5.74) is 0. The molecule has 4 nitrogen and oxygen atoms in total. The van der Waals surface area contributed by atoms with Gasteiger partial charge in [-0.1, -0.05) is 0 Å². The van der Waals surface area contributed by atoms with Crippen LogP contribution in [0.15, 0.2) is 0 Å². The van der Waals surface area contributed by atoms with Gasteiger partial charge in [0, 0.05) is 12.5 Å². The van der Waals surface area contributed by atoms with Crippen molar-refractivity contribution >= 4 is 0 Å². The van der Waals surface area contributed by atoms with Crippen molar-refractivity contribution in [3.63, 3.8) is 0 Å². The standard InChI is InChI=1S/C8H14N4/c1-6-10-8(12-11-6)7-3-2-4-9-5-7/h7,9H,2-5H2,1H3,(H,10,11,12)/t7-/m0/s1. The minimum Gasteiger partial charge on any atom is -0.316 e. The summed E-state index contributed by atoms with van der Waals surface area (Å²) >= 11 is 0. The van der Waals surface area contributed by atoms with E-state index in [2.05, 4.69) is 20.5 Å². The van der Waals surface area contributed by atoms with Crippen LogP contribution in [0.2, 0.25) is 0 Å². The molecule has 1 aromatic heterocycles. The van der Waals surface area contributed by atoms with E-state index >= 15 is 0 Å². The van der Waals surface area contributed by atoms with E-state index in [-0.39, 0.29) is 0 Å². The van der Waals surface area contributed by atoms with Gasteiger partial charge in [0.25, 0.3) is 0 Å². The number of nitrogens with zero attached hydrogens (tertiary/aromatic N) is 2. The molecule has 66 valence electrons. The Balaban J connectivity index is 2.08. The van der Waals surface area contributed by atoms with Crippen LogP contribution >= 0.6 is 0 Å². The van der Waals surface area contributed by atoms with Crippen molar-refractivity contribution in [2.45, 2.75) is 25.7 Å². The van der Waals surface area contributed by atoms with E-state index in [1.807, 2.05) is 6.92 Å². The van der Waals surface area contributed by atoms with Gasteiger partial charge in [-0.25, -0.2) is 4.98 Å². The van der Waals surface area contributed by atoms with Gasteiger partial charge in [0.2, 0.25) is 0 Å². The summed E-state index contributed by atoms with van der Waals surface area (Å²) in [6, 6.07) is 0. The Hall–Kier alpha value is -0.900. The Morgan fingerprint density at radius 2 is 2.42 bits per heavy atom. The molecular weight excluding hydrogens is 152 g/mol. The van der Waals surface area contributed by atoms with Gasteiger partial charge in [0.05, 0.1) is 0 Å². The lowest BCUT2D eigenvalue weighted by molar-refractivity contribution is 0.447. The SMILES string of the molecule is Cc1nc([C@H]2CCCNC2)n[nH]1. The fourth-order valence-electron chi connectivity index (χ4n) is 1.61. The van der Waals surface area contributed by atoms with Crippen LogP contribution in [-0.4, -0.2) is 28.3 Å². The molecule has 0 unspecified atom stereocenters. The molecule has 1 aromatic rings. The van der Waals surface area contributed by atoms with Crippen molar-refractivity contribution in [3.8, 4) is 0 Å². The van der Waals surface area contributed by atoms with Gasteiger partial charge in [-0.2, -0.15) is 5.10 Å². The van der Waals surface area contributed by atoms with Gasteiger partial charge in [0.1, 0.15) is 5.82 Å². The predicted octanol–water partition coefficient (Wildman–Crippen LogP) is 0.580. The molecule has 1 saturated heterocycles. The van der Waals surface area contributed by atoms with Crippen LogP contribution in [0.1, 0.15) is 30.4 Å². The van der Waals surface area contributed by atoms with Crippen molar-refractivity contribution < 1.29 is 0 Å². The van der Waals surface area contributed by atoms with E-state index in [1.54, 1.807) is 0 Å². The number of piperidine rings is 1. The van der Waals surface area contributed by atoms with E-state index in [1.165, 1.54) is 12.8 Å². The number of rotatable bonds is 1. The summed E-state index contributed by atoms with van der Waals surface area (Å²) < 4.78 is 0. The third kappa shape index (κ3) is 1.48. The van der Waals surface area contributed by atoms with Crippen molar-refractivity contribution in [3.05, 3.63) is 11.6 Å². The number of H-pyrrole nitrogens is 1. The highest BCUT2D eigenvalue weighted by Crippen LogP contribution is 2.19. The van der Waals surface area contributed by atoms with Gasteiger partial charge in [0.15, 0.2) is 5.82 Å². The van der Waals surface area contributed by atoms with Crippen molar-refractivity contribution in [2.75, 3.05) is 13.1 Å². The summed E-state index contributed by atoms with van der Waals surface area (Å²) in [6.07, 6.45) is 2.45. The van der Waals surface area contributed by atoms with Crippen LogP contribution in [0.25, 0.3) is 0 Å². The molecule has 2 rings (SSSR count). The summed E-state index contributed by atoms with van der Waals surface area (Å²) in [6.45, 7) is 4.10. The van der Waals surface area contributed by atoms with E-state index in [0.717, 1.165) is 24.7 Å².